The summed E-state index contributed by atoms with van der Waals surface area (Å²) in [5.41, 5.74) is 3.34. The summed E-state index contributed by atoms with van der Waals surface area (Å²) in [4.78, 5) is 13.7. The van der Waals surface area contributed by atoms with E-state index in [-0.39, 0.29) is 5.91 Å². The lowest BCUT2D eigenvalue weighted by atomic mass is 10.0. The SMILES string of the molecule is CC(=O)Nc1cccc(NC2CCN(CCc3ccccc3)CC2)c1. The van der Waals surface area contributed by atoms with Gasteiger partial charge >= 0.3 is 0 Å². The normalized spacial score (nSPS) is 15.7. The number of piperidine rings is 1. The van der Waals surface area contributed by atoms with E-state index in [1.54, 1.807) is 0 Å². The number of carbonyl (C=O) groups excluding carboxylic acids is 1. The van der Waals surface area contributed by atoms with Crippen molar-refractivity contribution in [1.29, 1.82) is 0 Å². The minimum Gasteiger partial charge on any atom is -0.382 e. The van der Waals surface area contributed by atoms with E-state index in [2.05, 4.69) is 51.9 Å². The first-order chi connectivity index (χ1) is 12.2. The maximum absolute atomic E-state index is 11.2. The number of hydrogen-bond donors (Lipinski definition) is 2. The lowest BCUT2D eigenvalue weighted by molar-refractivity contribution is -0.114. The number of anilines is 2. The molecule has 1 aliphatic rings. The van der Waals surface area contributed by atoms with E-state index < -0.39 is 0 Å². The van der Waals surface area contributed by atoms with Crippen molar-refractivity contribution >= 4 is 17.3 Å². The van der Waals surface area contributed by atoms with Gasteiger partial charge < -0.3 is 15.5 Å². The van der Waals surface area contributed by atoms with Crippen molar-refractivity contribution in [1.82, 2.24) is 4.90 Å². The van der Waals surface area contributed by atoms with Crippen molar-refractivity contribution in [2.75, 3.05) is 30.3 Å². The van der Waals surface area contributed by atoms with Gasteiger partial charge in [0.1, 0.15) is 0 Å². The standard InChI is InChI=1S/C21H27N3O/c1-17(25)22-20-8-5-9-21(16-20)23-19-11-14-24(15-12-19)13-10-18-6-3-2-4-7-18/h2-9,16,19,23H,10-15H2,1H3,(H,22,25). The van der Waals surface area contributed by atoms with Crippen molar-refractivity contribution in [3.63, 3.8) is 0 Å². The summed E-state index contributed by atoms with van der Waals surface area (Å²) < 4.78 is 0. The van der Waals surface area contributed by atoms with Crippen LogP contribution in [0.3, 0.4) is 0 Å². The zero-order valence-corrected chi connectivity index (χ0v) is 14.9. The fraction of sp³-hybridized carbons (Fsp3) is 0.381. The molecular formula is C21H27N3O. The zero-order valence-electron chi connectivity index (χ0n) is 14.9. The van der Waals surface area contributed by atoms with Crippen LogP contribution in [0.5, 0.6) is 0 Å². The molecule has 0 atom stereocenters. The van der Waals surface area contributed by atoms with Crippen LogP contribution in [0.4, 0.5) is 11.4 Å². The lowest BCUT2D eigenvalue weighted by Crippen LogP contribution is -2.40. The molecule has 25 heavy (non-hydrogen) atoms. The Balaban J connectivity index is 1.44. The maximum Gasteiger partial charge on any atom is 0.221 e. The maximum atomic E-state index is 11.2. The van der Waals surface area contributed by atoms with Crippen molar-refractivity contribution in [3.05, 3.63) is 60.2 Å². The Kier molecular flexibility index (Phi) is 6.07. The third kappa shape index (κ3) is 5.61. The second-order valence-corrected chi connectivity index (χ2v) is 6.76. The Labute approximate surface area is 150 Å². The lowest BCUT2D eigenvalue weighted by Gasteiger charge is -2.33. The number of likely N-dealkylation sites (tertiary alicyclic amines) is 1. The number of nitrogens with one attached hydrogen (secondary N) is 2. The van der Waals surface area contributed by atoms with Gasteiger partial charge in [-0.2, -0.15) is 0 Å². The molecule has 0 saturated carbocycles. The number of nitrogens with zero attached hydrogens (tertiary/aromatic N) is 1. The average molecular weight is 337 g/mol. The molecule has 1 saturated heterocycles. The Morgan fingerprint density at radius 2 is 1.76 bits per heavy atom. The Morgan fingerprint density at radius 1 is 1.04 bits per heavy atom. The number of benzene rings is 2. The van der Waals surface area contributed by atoms with Crippen LogP contribution in [-0.4, -0.2) is 36.5 Å². The number of carbonyl (C=O) groups is 1. The van der Waals surface area contributed by atoms with Crippen molar-refractivity contribution in [2.45, 2.75) is 32.2 Å². The first-order valence-corrected chi connectivity index (χ1v) is 9.09. The molecule has 2 aromatic rings. The molecule has 132 valence electrons. The minimum atomic E-state index is -0.0381. The summed E-state index contributed by atoms with van der Waals surface area (Å²) in [5, 5.41) is 6.45. The van der Waals surface area contributed by atoms with Crippen LogP contribution in [0.1, 0.15) is 25.3 Å². The second kappa shape index (κ2) is 8.67. The summed E-state index contributed by atoms with van der Waals surface area (Å²) in [7, 11) is 0. The monoisotopic (exact) mass is 337 g/mol. The summed E-state index contributed by atoms with van der Waals surface area (Å²) >= 11 is 0. The van der Waals surface area contributed by atoms with Gasteiger partial charge in [0.2, 0.25) is 5.91 Å². The third-order valence-corrected chi connectivity index (χ3v) is 4.70. The van der Waals surface area contributed by atoms with E-state index in [4.69, 9.17) is 0 Å². The molecule has 0 aromatic heterocycles. The van der Waals surface area contributed by atoms with E-state index in [0.717, 1.165) is 50.3 Å². The summed E-state index contributed by atoms with van der Waals surface area (Å²) in [6, 6.07) is 19.2. The summed E-state index contributed by atoms with van der Waals surface area (Å²) in [5.74, 6) is -0.0381. The molecule has 4 nitrogen and oxygen atoms in total. The van der Waals surface area contributed by atoms with E-state index in [0.29, 0.717) is 6.04 Å². The van der Waals surface area contributed by atoms with Crippen molar-refractivity contribution < 1.29 is 4.79 Å². The Bertz CT molecular complexity index is 679. The van der Waals surface area contributed by atoms with Gasteiger partial charge in [-0.1, -0.05) is 36.4 Å². The average Bonchev–Trinajstić information content (AvgIpc) is 2.62. The molecule has 4 heteroatoms. The minimum absolute atomic E-state index is 0.0381. The van der Waals surface area contributed by atoms with E-state index in [9.17, 15) is 4.79 Å². The highest BCUT2D eigenvalue weighted by atomic mass is 16.1. The molecule has 0 radical (unpaired) electrons. The van der Waals surface area contributed by atoms with E-state index in [1.807, 2.05) is 18.2 Å². The van der Waals surface area contributed by atoms with Crippen LogP contribution in [0.25, 0.3) is 0 Å². The van der Waals surface area contributed by atoms with Crippen molar-refractivity contribution in [2.24, 2.45) is 0 Å². The molecule has 2 aromatic carbocycles. The molecule has 0 spiro atoms. The van der Waals surface area contributed by atoms with Gasteiger partial charge in [0, 0.05) is 44.0 Å². The predicted molar refractivity (Wildman–Crippen MR) is 104 cm³/mol. The molecule has 1 aliphatic heterocycles. The van der Waals surface area contributed by atoms with Crippen molar-refractivity contribution in [3.8, 4) is 0 Å². The second-order valence-electron chi connectivity index (χ2n) is 6.76. The highest BCUT2D eigenvalue weighted by Crippen LogP contribution is 2.20. The van der Waals surface area contributed by atoms with Crippen LogP contribution >= 0.6 is 0 Å². The number of hydrogen-bond acceptors (Lipinski definition) is 3. The topological polar surface area (TPSA) is 44.4 Å². The quantitative estimate of drug-likeness (QED) is 0.843. The molecule has 0 aliphatic carbocycles. The first-order valence-electron chi connectivity index (χ1n) is 9.09. The molecule has 0 unspecified atom stereocenters. The molecule has 1 fully saturated rings. The van der Waals surface area contributed by atoms with Crippen LogP contribution < -0.4 is 10.6 Å². The summed E-state index contributed by atoms with van der Waals surface area (Å²) in [6.45, 7) is 4.94. The number of rotatable bonds is 6. The fourth-order valence-corrected chi connectivity index (χ4v) is 3.36. The fourth-order valence-electron chi connectivity index (χ4n) is 3.36. The molecular weight excluding hydrogens is 310 g/mol. The third-order valence-electron chi connectivity index (χ3n) is 4.70. The van der Waals surface area contributed by atoms with E-state index in [1.165, 1.54) is 12.5 Å². The zero-order chi connectivity index (χ0) is 17.5. The van der Waals surface area contributed by atoms with Crippen LogP contribution in [0.15, 0.2) is 54.6 Å². The highest BCUT2D eigenvalue weighted by molar-refractivity contribution is 5.89. The predicted octanol–water partition coefficient (Wildman–Crippen LogP) is 3.76. The van der Waals surface area contributed by atoms with Gasteiger partial charge in [0.25, 0.3) is 0 Å². The Hall–Kier alpha value is -2.33. The van der Waals surface area contributed by atoms with Gasteiger partial charge in [-0.3, -0.25) is 4.79 Å². The highest BCUT2D eigenvalue weighted by Gasteiger charge is 2.18. The van der Waals surface area contributed by atoms with Crippen LogP contribution in [-0.2, 0) is 11.2 Å². The Morgan fingerprint density at radius 3 is 2.48 bits per heavy atom. The molecule has 0 bridgehead atoms. The number of amides is 1. The molecule has 1 amide bonds. The molecule has 3 rings (SSSR count). The van der Waals surface area contributed by atoms with Gasteiger partial charge in [0.15, 0.2) is 0 Å². The smallest absolute Gasteiger partial charge is 0.221 e. The largest absolute Gasteiger partial charge is 0.382 e. The van der Waals surface area contributed by atoms with Gasteiger partial charge in [-0.25, -0.2) is 0 Å². The summed E-state index contributed by atoms with van der Waals surface area (Å²) in [6.07, 6.45) is 3.43. The molecule has 1 heterocycles. The molecule has 2 N–H and O–H groups in total. The van der Waals surface area contributed by atoms with Crippen LogP contribution in [0, 0.1) is 0 Å². The van der Waals surface area contributed by atoms with E-state index >= 15 is 0 Å². The first kappa shape index (κ1) is 17.5. The van der Waals surface area contributed by atoms with Gasteiger partial charge in [0.05, 0.1) is 0 Å². The van der Waals surface area contributed by atoms with Gasteiger partial charge in [-0.05, 0) is 43.0 Å². The van der Waals surface area contributed by atoms with Crippen LogP contribution in [0.2, 0.25) is 0 Å². The van der Waals surface area contributed by atoms with Gasteiger partial charge in [-0.15, -0.1) is 0 Å².